The molecule has 8 heteroatoms. The van der Waals surface area contributed by atoms with Crippen LogP contribution < -0.4 is 15.4 Å². The van der Waals surface area contributed by atoms with Gasteiger partial charge in [0.25, 0.3) is 0 Å². The number of hydrogen-bond donors (Lipinski definition) is 1. The van der Waals surface area contributed by atoms with E-state index >= 15 is 0 Å². The Balaban J connectivity index is 2.26. The van der Waals surface area contributed by atoms with E-state index in [4.69, 9.17) is 10.5 Å². The lowest BCUT2D eigenvalue weighted by Crippen LogP contribution is -2.57. The smallest absolute Gasteiger partial charge is 0.405 e. The minimum atomic E-state index is -4.27. The van der Waals surface area contributed by atoms with Crippen LogP contribution in [-0.4, -0.2) is 55.9 Å². The Labute approximate surface area is 115 Å². The number of nitrogen functional groups attached to an aromatic ring is 1. The molecule has 1 aromatic heterocycles. The van der Waals surface area contributed by atoms with Crippen molar-refractivity contribution in [1.29, 1.82) is 0 Å². The molecule has 112 valence electrons. The number of nitrogens with two attached hydrogens (primary N) is 1. The molecule has 2 rings (SSSR count). The molecular formula is C12H17F3N4O. The van der Waals surface area contributed by atoms with Crippen LogP contribution in [0, 0.1) is 0 Å². The normalized spacial score (nSPS) is 21.1. The summed E-state index contributed by atoms with van der Waals surface area (Å²) in [5.74, 6) is 0.777. The highest BCUT2D eigenvalue weighted by Crippen LogP contribution is 2.32. The predicted molar refractivity (Wildman–Crippen MR) is 69.9 cm³/mol. The lowest BCUT2D eigenvalue weighted by atomic mass is 10.1. The number of ether oxygens (including phenoxy) is 1. The summed E-state index contributed by atoms with van der Waals surface area (Å²) in [7, 11) is 2.92. The van der Waals surface area contributed by atoms with Crippen LogP contribution in [0.5, 0.6) is 5.75 Å². The summed E-state index contributed by atoms with van der Waals surface area (Å²) >= 11 is 0. The van der Waals surface area contributed by atoms with Gasteiger partial charge in [-0.15, -0.1) is 0 Å². The lowest BCUT2D eigenvalue weighted by molar-refractivity contribution is -0.180. The van der Waals surface area contributed by atoms with Crippen LogP contribution in [0.2, 0.25) is 0 Å². The molecule has 1 fully saturated rings. The van der Waals surface area contributed by atoms with Crippen molar-refractivity contribution in [2.75, 3.05) is 44.4 Å². The van der Waals surface area contributed by atoms with E-state index in [1.165, 1.54) is 25.3 Å². The number of hydrogen-bond acceptors (Lipinski definition) is 5. The van der Waals surface area contributed by atoms with E-state index in [0.717, 1.165) is 0 Å². The van der Waals surface area contributed by atoms with Crippen LogP contribution in [0.4, 0.5) is 24.7 Å². The first-order valence-corrected chi connectivity index (χ1v) is 6.14. The van der Waals surface area contributed by atoms with E-state index in [9.17, 15) is 13.2 Å². The third-order valence-corrected chi connectivity index (χ3v) is 3.40. The van der Waals surface area contributed by atoms with Crippen molar-refractivity contribution < 1.29 is 17.9 Å². The Morgan fingerprint density at radius 3 is 2.70 bits per heavy atom. The number of likely N-dealkylation sites (N-methyl/N-ethyl adjacent to an activating group) is 1. The Bertz CT molecular complexity index is 480. The van der Waals surface area contributed by atoms with E-state index in [1.807, 2.05) is 0 Å². The number of aromatic nitrogens is 1. The first-order chi connectivity index (χ1) is 9.32. The molecule has 2 N–H and O–H groups in total. The summed E-state index contributed by atoms with van der Waals surface area (Å²) in [6, 6.07) is 0.0452. The fourth-order valence-corrected chi connectivity index (χ4v) is 2.26. The van der Waals surface area contributed by atoms with Crippen molar-refractivity contribution in [3.63, 3.8) is 0 Å². The fraction of sp³-hybridized carbons (Fsp3) is 0.583. The third-order valence-electron chi connectivity index (χ3n) is 3.40. The number of piperazine rings is 1. The van der Waals surface area contributed by atoms with Gasteiger partial charge in [0.2, 0.25) is 0 Å². The van der Waals surface area contributed by atoms with Crippen LogP contribution in [0.25, 0.3) is 0 Å². The van der Waals surface area contributed by atoms with E-state index in [-0.39, 0.29) is 6.54 Å². The molecule has 0 bridgehead atoms. The highest BCUT2D eigenvalue weighted by atomic mass is 19.4. The van der Waals surface area contributed by atoms with Crippen molar-refractivity contribution in [3.8, 4) is 5.75 Å². The van der Waals surface area contributed by atoms with Crippen LogP contribution in [0.3, 0.4) is 0 Å². The molecule has 5 nitrogen and oxygen atoms in total. The van der Waals surface area contributed by atoms with E-state index in [0.29, 0.717) is 30.3 Å². The van der Waals surface area contributed by atoms with Gasteiger partial charge >= 0.3 is 6.18 Å². The van der Waals surface area contributed by atoms with E-state index < -0.39 is 12.2 Å². The quantitative estimate of drug-likeness (QED) is 0.891. The first-order valence-electron chi connectivity index (χ1n) is 6.14. The van der Waals surface area contributed by atoms with Gasteiger partial charge in [0, 0.05) is 25.7 Å². The molecule has 2 heterocycles. The maximum atomic E-state index is 13.0. The van der Waals surface area contributed by atoms with Gasteiger partial charge in [-0.05, 0) is 7.05 Å². The second-order valence-corrected chi connectivity index (χ2v) is 4.78. The van der Waals surface area contributed by atoms with Gasteiger partial charge in [-0.1, -0.05) is 0 Å². The zero-order chi connectivity index (χ0) is 14.9. The second kappa shape index (κ2) is 5.35. The molecule has 0 aromatic carbocycles. The van der Waals surface area contributed by atoms with Gasteiger partial charge in [-0.2, -0.15) is 13.2 Å². The zero-order valence-corrected chi connectivity index (χ0v) is 11.3. The van der Waals surface area contributed by atoms with Gasteiger partial charge in [0.05, 0.1) is 19.0 Å². The Kier molecular flexibility index (Phi) is 3.94. The molecular weight excluding hydrogens is 273 g/mol. The number of methoxy groups -OCH3 is 1. The molecule has 20 heavy (non-hydrogen) atoms. The Morgan fingerprint density at radius 1 is 1.40 bits per heavy atom. The molecule has 1 aromatic rings. The Hall–Kier alpha value is -1.70. The number of halogens is 3. The number of anilines is 2. The maximum absolute atomic E-state index is 13.0. The first kappa shape index (κ1) is 14.7. The van der Waals surface area contributed by atoms with Gasteiger partial charge in [0.15, 0.2) is 11.6 Å². The predicted octanol–water partition coefficient (Wildman–Crippen LogP) is 1.36. The molecule has 0 amide bonds. The average molecular weight is 290 g/mol. The van der Waals surface area contributed by atoms with Crippen molar-refractivity contribution in [2.24, 2.45) is 0 Å². The van der Waals surface area contributed by atoms with Crippen LogP contribution in [0.1, 0.15) is 0 Å². The van der Waals surface area contributed by atoms with Crippen LogP contribution >= 0.6 is 0 Å². The largest absolute Gasteiger partial charge is 0.493 e. The molecule has 1 atom stereocenters. The molecule has 1 aliphatic rings. The van der Waals surface area contributed by atoms with Crippen molar-refractivity contribution in [3.05, 3.63) is 12.3 Å². The summed E-state index contributed by atoms with van der Waals surface area (Å²) in [4.78, 5) is 6.99. The SMILES string of the molecule is COc1cc(N)cnc1N1CCN(C)C(C(F)(F)F)C1. The molecule has 0 aliphatic carbocycles. The topological polar surface area (TPSA) is 54.6 Å². The molecule has 0 saturated carbocycles. The number of pyridine rings is 1. The minimum Gasteiger partial charge on any atom is -0.493 e. The molecule has 0 spiro atoms. The van der Waals surface area contributed by atoms with E-state index in [2.05, 4.69) is 4.98 Å². The highest BCUT2D eigenvalue weighted by Gasteiger charge is 2.45. The monoisotopic (exact) mass is 290 g/mol. The molecule has 1 unspecified atom stereocenters. The summed E-state index contributed by atoms with van der Waals surface area (Å²) in [6.45, 7) is 0.586. The average Bonchev–Trinajstić information content (AvgIpc) is 2.38. The number of rotatable bonds is 2. The van der Waals surface area contributed by atoms with Crippen molar-refractivity contribution >= 4 is 11.5 Å². The maximum Gasteiger partial charge on any atom is 0.405 e. The molecule has 1 aliphatic heterocycles. The van der Waals surface area contributed by atoms with Gasteiger partial charge in [-0.25, -0.2) is 4.98 Å². The second-order valence-electron chi connectivity index (χ2n) is 4.78. The third kappa shape index (κ3) is 2.90. The number of alkyl halides is 3. The van der Waals surface area contributed by atoms with Gasteiger partial charge < -0.3 is 15.4 Å². The summed E-state index contributed by atoms with van der Waals surface area (Å²) < 4.78 is 44.1. The fourth-order valence-electron chi connectivity index (χ4n) is 2.26. The van der Waals surface area contributed by atoms with Crippen molar-refractivity contribution in [1.82, 2.24) is 9.88 Å². The zero-order valence-electron chi connectivity index (χ0n) is 11.3. The van der Waals surface area contributed by atoms with Crippen LogP contribution in [0.15, 0.2) is 12.3 Å². The highest BCUT2D eigenvalue weighted by molar-refractivity contribution is 5.58. The van der Waals surface area contributed by atoms with Crippen molar-refractivity contribution in [2.45, 2.75) is 12.2 Å². The summed E-state index contributed by atoms with van der Waals surface area (Å²) in [5, 5.41) is 0. The van der Waals surface area contributed by atoms with Gasteiger partial charge in [-0.3, -0.25) is 4.90 Å². The van der Waals surface area contributed by atoms with Crippen LogP contribution in [-0.2, 0) is 0 Å². The molecule has 0 radical (unpaired) electrons. The number of nitrogens with zero attached hydrogens (tertiary/aromatic N) is 3. The summed E-state index contributed by atoms with van der Waals surface area (Å²) in [6.07, 6.45) is -2.85. The lowest BCUT2D eigenvalue weighted by Gasteiger charge is -2.40. The Morgan fingerprint density at radius 2 is 2.10 bits per heavy atom. The van der Waals surface area contributed by atoms with E-state index in [1.54, 1.807) is 11.0 Å². The standard InChI is InChI=1S/C12H17F3N4O/c1-18-3-4-19(7-10(18)12(13,14)15)11-9(20-2)5-8(16)6-17-11/h5-6,10H,3-4,7,16H2,1-2H3. The summed E-state index contributed by atoms with van der Waals surface area (Å²) in [5.41, 5.74) is 6.01. The van der Waals surface area contributed by atoms with Gasteiger partial charge in [0.1, 0.15) is 6.04 Å². The minimum absolute atomic E-state index is 0.173. The molecule has 1 saturated heterocycles.